The maximum Gasteiger partial charge on any atom is 0.264 e. The Balaban J connectivity index is 2.00. The van der Waals surface area contributed by atoms with Crippen molar-refractivity contribution in [3.05, 3.63) is 89.4 Å². The van der Waals surface area contributed by atoms with Crippen LogP contribution in [0.15, 0.2) is 83.8 Å². The minimum absolute atomic E-state index is 0.00427. The number of carbonyl (C=O) groups excluding carboxylic acids is 2. The monoisotopic (exact) mass is 543 g/mol. The molecular weight excluding hydrogens is 514 g/mol. The van der Waals surface area contributed by atoms with Gasteiger partial charge >= 0.3 is 0 Å². The van der Waals surface area contributed by atoms with Gasteiger partial charge in [0.2, 0.25) is 11.8 Å². The number of nitrogens with one attached hydrogen (secondary N) is 1. The molecule has 0 heterocycles. The van der Waals surface area contributed by atoms with Crippen LogP contribution < -0.4 is 14.4 Å². The van der Waals surface area contributed by atoms with Crippen LogP contribution in [-0.2, 0) is 26.2 Å². The van der Waals surface area contributed by atoms with E-state index in [1.807, 2.05) is 6.92 Å². The quantitative estimate of drug-likeness (QED) is 0.393. The van der Waals surface area contributed by atoms with Gasteiger partial charge in [0, 0.05) is 18.6 Å². The Morgan fingerprint density at radius 2 is 1.59 bits per heavy atom. The van der Waals surface area contributed by atoms with Crippen molar-refractivity contribution in [2.75, 3.05) is 24.5 Å². The number of benzene rings is 3. The van der Waals surface area contributed by atoms with Gasteiger partial charge in [-0.25, -0.2) is 8.42 Å². The summed E-state index contributed by atoms with van der Waals surface area (Å²) in [5.41, 5.74) is 0.948. The highest BCUT2D eigenvalue weighted by atomic mass is 35.5. The molecule has 0 saturated carbocycles. The van der Waals surface area contributed by atoms with E-state index in [0.29, 0.717) is 28.6 Å². The molecule has 1 unspecified atom stereocenters. The van der Waals surface area contributed by atoms with Crippen molar-refractivity contribution in [2.24, 2.45) is 0 Å². The topological polar surface area (TPSA) is 96.0 Å². The van der Waals surface area contributed by atoms with Gasteiger partial charge < -0.3 is 15.0 Å². The maximum absolute atomic E-state index is 13.7. The van der Waals surface area contributed by atoms with E-state index in [2.05, 4.69) is 5.32 Å². The normalized spacial score (nSPS) is 11.9. The molecule has 196 valence electrons. The van der Waals surface area contributed by atoms with Crippen molar-refractivity contribution >= 4 is 39.1 Å². The lowest BCUT2D eigenvalue weighted by molar-refractivity contribution is -0.139. The van der Waals surface area contributed by atoms with Gasteiger partial charge in [0.05, 0.1) is 17.2 Å². The molecule has 0 aliphatic carbocycles. The molecule has 0 bridgehead atoms. The van der Waals surface area contributed by atoms with Crippen LogP contribution in [0.4, 0.5) is 5.69 Å². The number of rotatable bonds is 11. The summed E-state index contributed by atoms with van der Waals surface area (Å²) in [7, 11) is -2.67. The third kappa shape index (κ3) is 6.81. The number of ether oxygens (including phenoxy) is 1. The van der Waals surface area contributed by atoms with E-state index in [1.165, 1.54) is 24.1 Å². The Morgan fingerprint density at radius 3 is 2.19 bits per heavy atom. The first kappa shape index (κ1) is 28.0. The minimum Gasteiger partial charge on any atom is -0.494 e. The lowest BCUT2D eigenvalue weighted by Gasteiger charge is -2.32. The van der Waals surface area contributed by atoms with E-state index < -0.39 is 28.5 Å². The summed E-state index contributed by atoms with van der Waals surface area (Å²) in [6.07, 6.45) is 0. The van der Waals surface area contributed by atoms with Crippen LogP contribution in [0.25, 0.3) is 0 Å². The lowest BCUT2D eigenvalue weighted by Crippen LogP contribution is -2.50. The van der Waals surface area contributed by atoms with Crippen LogP contribution in [-0.4, -0.2) is 51.4 Å². The van der Waals surface area contributed by atoms with Crippen LogP contribution in [0.3, 0.4) is 0 Å². The fourth-order valence-corrected chi connectivity index (χ4v) is 5.34. The first-order valence-electron chi connectivity index (χ1n) is 11.7. The number of para-hydroxylation sites is 1. The second-order valence-electron chi connectivity index (χ2n) is 8.15. The molecule has 8 nitrogen and oxygen atoms in total. The molecule has 1 N–H and O–H groups in total. The van der Waals surface area contributed by atoms with Crippen molar-refractivity contribution in [3.8, 4) is 5.75 Å². The number of carbonyl (C=O) groups is 2. The number of nitrogens with zero attached hydrogens (tertiary/aromatic N) is 2. The van der Waals surface area contributed by atoms with Gasteiger partial charge in [-0.2, -0.15) is 0 Å². The van der Waals surface area contributed by atoms with Crippen LogP contribution in [0, 0.1) is 0 Å². The zero-order chi connectivity index (χ0) is 27.0. The zero-order valence-corrected chi connectivity index (χ0v) is 22.5. The highest BCUT2D eigenvalue weighted by molar-refractivity contribution is 7.92. The molecule has 0 spiro atoms. The van der Waals surface area contributed by atoms with Crippen molar-refractivity contribution in [1.29, 1.82) is 0 Å². The maximum atomic E-state index is 13.7. The molecule has 0 aliphatic rings. The van der Waals surface area contributed by atoms with Crippen molar-refractivity contribution < 1.29 is 22.7 Å². The molecule has 0 radical (unpaired) electrons. The smallest absolute Gasteiger partial charge is 0.264 e. The van der Waals surface area contributed by atoms with Gasteiger partial charge in [0.1, 0.15) is 18.3 Å². The fourth-order valence-electron chi connectivity index (χ4n) is 3.73. The first-order chi connectivity index (χ1) is 17.7. The summed E-state index contributed by atoms with van der Waals surface area (Å²) in [5.74, 6) is -0.412. The van der Waals surface area contributed by atoms with Gasteiger partial charge in [0.15, 0.2) is 0 Å². The molecule has 37 heavy (non-hydrogen) atoms. The Morgan fingerprint density at radius 1 is 0.973 bits per heavy atom. The van der Waals surface area contributed by atoms with Crippen molar-refractivity contribution in [2.45, 2.75) is 31.3 Å². The van der Waals surface area contributed by atoms with E-state index in [9.17, 15) is 18.0 Å². The van der Waals surface area contributed by atoms with E-state index in [1.54, 1.807) is 73.7 Å². The van der Waals surface area contributed by atoms with Crippen molar-refractivity contribution in [3.63, 3.8) is 0 Å². The largest absolute Gasteiger partial charge is 0.494 e. The highest BCUT2D eigenvalue weighted by Crippen LogP contribution is 2.26. The molecule has 1 atom stereocenters. The second kappa shape index (κ2) is 12.6. The van der Waals surface area contributed by atoms with Crippen LogP contribution in [0.5, 0.6) is 5.75 Å². The summed E-state index contributed by atoms with van der Waals surface area (Å²) < 4.78 is 34.0. The van der Waals surface area contributed by atoms with Crippen molar-refractivity contribution in [1.82, 2.24) is 10.2 Å². The fraction of sp³-hybridized carbons (Fsp3) is 0.259. The molecule has 3 aromatic carbocycles. The minimum atomic E-state index is -4.14. The number of hydrogen-bond donors (Lipinski definition) is 1. The number of anilines is 1. The highest BCUT2D eigenvalue weighted by Gasteiger charge is 2.32. The van der Waals surface area contributed by atoms with E-state index in [4.69, 9.17) is 16.3 Å². The summed E-state index contributed by atoms with van der Waals surface area (Å²) >= 11 is 6.33. The molecule has 0 fully saturated rings. The number of halogens is 1. The SMILES string of the molecule is CCOc1ccc(S(=O)(=O)N(CC(=O)N(Cc2ccccc2Cl)C(C)C(=O)NC)c2ccccc2)cc1. The molecule has 0 saturated heterocycles. The zero-order valence-electron chi connectivity index (χ0n) is 20.9. The molecule has 0 aliphatic heterocycles. The average molecular weight is 544 g/mol. The Labute approximate surface area is 222 Å². The van der Waals surface area contributed by atoms with Crippen LogP contribution >= 0.6 is 11.6 Å². The lowest BCUT2D eigenvalue weighted by atomic mass is 10.1. The molecule has 10 heteroatoms. The summed E-state index contributed by atoms with van der Waals surface area (Å²) in [4.78, 5) is 27.5. The predicted molar refractivity (Wildman–Crippen MR) is 144 cm³/mol. The predicted octanol–water partition coefficient (Wildman–Crippen LogP) is 4.10. The number of hydrogen-bond acceptors (Lipinski definition) is 5. The third-order valence-electron chi connectivity index (χ3n) is 5.76. The molecule has 0 aromatic heterocycles. The Bertz CT molecular complexity index is 1320. The van der Waals surface area contributed by atoms with Gasteiger partial charge in [-0.15, -0.1) is 0 Å². The number of sulfonamides is 1. The van der Waals surface area contributed by atoms with Gasteiger partial charge in [-0.3, -0.25) is 13.9 Å². The van der Waals surface area contributed by atoms with Gasteiger partial charge in [0.25, 0.3) is 10.0 Å². The number of amides is 2. The van der Waals surface area contributed by atoms with E-state index in [0.717, 1.165) is 4.31 Å². The molecule has 3 rings (SSSR count). The average Bonchev–Trinajstić information content (AvgIpc) is 2.91. The van der Waals surface area contributed by atoms with Crippen LogP contribution in [0.2, 0.25) is 5.02 Å². The third-order valence-corrected chi connectivity index (χ3v) is 7.91. The van der Waals surface area contributed by atoms with E-state index >= 15 is 0 Å². The molecule has 2 amide bonds. The standard InChI is InChI=1S/C27H30ClN3O5S/c1-4-36-23-14-16-24(17-15-23)37(34,35)31(22-11-6-5-7-12-22)19-26(32)30(20(2)27(33)29-3)18-21-10-8-9-13-25(21)28/h5-17,20H,4,18-19H2,1-3H3,(H,29,33). The molecule has 3 aromatic rings. The summed E-state index contributed by atoms with van der Waals surface area (Å²) in [6.45, 7) is 3.37. The van der Waals surface area contributed by atoms with Gasteiger partial charge in [-0.1, -0.05) is 48.0 Å². The number of likely N-dealkylation sites (N-methyl/N-ethyl adjacent to an activating group) is 1. The van der Waals surface area contributed by atoms with E-state index in [-0.39, 0.29) is 17.3 Å². The van der Waals surface area contributed by atoms with Gasteiger partial charge in [-0.05, 0) is 61.9 Å². The second-order valence-corrected chi connectivity index (χ2v) is 10.4. The van der Waals surface area contributed by atoms with Crippen LogP contribution in [0.1, 0.15) is 19.4 Å². The summed E-state index contributed by atoms with van der Waals surface area (Å²) in [5, 5.41) is 2.98. The first-order valence-corrected chi connectivity index (χ1v) is 13.6. The Hall–Kier alpha value is -3.56. The Kier molecular flexibility index (Phi) is 9.54. The molecular formula is C27H30ClN3O5S. The summed E-state index contributed by atoms with van der Waals surface area (Å²) in [6, 6.07) is 20.5.